The topological polar surface area (TPSA) is 50.6 Å². The molecule has 6 heteroatoms. The lowest BCUT2D eigenvalue weighted by Gasteiger charge is -2.40. The van der Waals surface area contributed by atoms with Gasteiger partial charge in [0, 0.05) is 51.0 Å². The van der Waals surface area contributed by atoms with E-state index >= 15 is 0 Å². The highest BCUT2D eigenvalue weighted by Crippen LogP contribution is 2.16. The predicted molar refractivity (Wildman–Crippen MR) is 80.9 cm³/mol. The van der Waals surface area contributed by atoms with Crippen molar-refractivity contribution in [2.24, 2.45) is 7.05 Å². The zero-order valence-electron chi connectivity index (χ0n) is 13.7. The average molecular weight is 294 g/mol. The number of amides is 1. The van der Waals surface area contributed by atoms with Crippen molar-refractivity contribution in [3.63, 3.8) is 0 Å². The van der Waals surface area contributed by atoms with Gasteiger partial charge < -0.3 is 9.64 Å². The van der Waals surface area contributed by atoms with Gasteiger partial charge >= 0.3 is 6.09 Å². The summed E-state index contributed by atoms with van der Waals surface area (Å²) in [5.41, 5.74) is 0.766. The van der Waals surface area contributed by atoms with E-state index in [4.69, 9.17) is 4.74 Å². The molecule has 1 aromatic heterocycles. The van der Waals surface area contributed by atoms with Crippen LogP contribution < -0.4 is 0 Å². The minimum Gasteiger partial charge on any atom is -0.444 e. The standard InChI is InChI=1S/C15H26N4O2/c1-12-9-19(14(20)21-15(2,3)4)7-6-18(12)11-13-8-16-17(5)10-13/h8,10,12H,6-7,9,11H2,1-5H3. The highest BCUT2D eigenvalue weighted by molar-refractivity contribution is 5.68. The number of rotatable bonds is 2. The van der Waals surface area contributed by atoms with Crippen LogP contribution in [0.3, 0.4) is 0 Å². The summed E-state index contributed by atoms with van der Waals surface area (Å²) < 4.78 is 7.25. The Morgan fingerprint density at radius 1 is 1.43 bits per heavy atom. The van der Waals surface area contributed by atoms with Crippen molar-refractivity contribution in [1.29, 1.82) is 0 Å². The fourth-order valence-corrected chi connectivity index (χ4v) is 2.51. The van der Waals surface area contributed by atoms with Crippen LogP contribution in [0.25, 0.3) is 0 Å². The molecule has 2 heterocycles. The Hall–Kier alpha value is -1.56. The van der Waals surface area contributed by atoms with E-state index in [2.05, 4.69) is 16.9 Å². The highest BCUT2D eigenvalue weighted by atomic mass is 16.6. The summed E-state index contributed by atoms with van der Waals surface area (Å²) in [6.45, 7) is 11.0. The van der Waals surface area contributed by atoms with Gasteiger partial charge in [-0.15, -0.1) is 0 Å². The molecule has 1 aliphatic heterocycles. The van der Waals surface area contributed by atoms with Crippen molar-refractivity contribution in [1.82, 2.24) is 19.6 Å². The number of aromatic nitrogens is 2. The number of ether oxygens (including phenoxy) is 1. The van der Waals surface area contributed by atoms with E-state index in [-0.39, 0.29) is 6.09 Å². The molecule has 1 amide bonds. The number of nitrogens with zero attached hydrogens (tertiary/aromatic N) is 4. The number of hydrogen-bond acceptors (Lipinski definition) is 4. The predicted octanol–water partition coefficient (Wildman–Crippen LogP) is 1.86. The van der Waals surface area contributed by atoms with Crippen molar-refractivity contribution in [3.8, 4) is 0 Å². The maximum atomic E-state index is 12.1. The molecule has 6 nitrogen and oxygen atoms in total. The Morgan fingerprint density at radius 2 is 2.14 bits per heavy atom. The van der Waals surface area contributed by atoms with Crippen LogP contribution in [0.5, 0.6) is 0 Å². The zero-order chi connectivity index (χ0) is 15.6. The summed E-state index contributed by atoms with van der Waals surface area (Å²) in [7, 11) is 1.92. The van der Waals surface area contributed by atoms with E-state index in [1.54, 1.807) is 4.90 Å². The van der Waals surface area contributed by atoms with Gasteiger partial charge in [0.2, 0.25) is 0 Å². The van der Waals surface area contributed by atoms with Crippen molar-refractivity contribution in [3.05, 3.63) is 18.0 Å². The number of hydrogen-bond donors (Lipinski definition) is 0. The molecule has 0 aromatic carbocycles. The maximum Gasteiger partial charge on any atom is 0.410 e. The minimum absolute atomic E-state index is 0.213. The summed E-state index contributed by atoms with van der Waals surface area (Å²) in [6.07, 6.45) is 3.72. The van der Waals surface area contributed by atoms with E-state index < -0.39 is 5.60 Å². The monoisotopic (exact) mass is 294 g/mol. The molecule has 1 aliphatic rings. The fraction of sp³-hybridized carbons (Fsp3) is 0.733. The van der Waals surface area contributed by atoms with E-state index in [1.165, 1.54) is 5.56 Å². The van der Waals surface area contributed by atoms with Crippen LogP contribution in [0.4, 0.5) is 4.79 Å². The van der Waals surface area contributed by atoms with Gasteiger partial charge in [0.1, 0.15) is 5.60 Å². The summed E-state index contributed by atoms with van der Waals surface area (Å²) in [4.78, 5) is 16.3. The lowest BCUT2D eigenvalue weighted by molar-refractivity contribution is 0.00461. The van der Waals surface area contributed by atoms with Crippen LogP contribution >= 0.6 is 0 Å². The average Bonchev–Trinajstić information content (AvgIpc) is 2.75. The summed E-state index contributed by atoms with van der Waals surface area (Å²) in [6, 6.07) is 0.312. The largest absolute Gasteiger partial charge is 0.444 e. The van der Waals surface area contributed by atoms with Gasteiger partial charge in [0.05, 0.1) is 6.20 Å². The second kappa shape index (κ2) is 6.05. The molecule has 1 fully saturated rings. The first-order chi connectivity index (χ1) is 9.74. The van der Waals surface area contributed by atoms with Gasteiger partial charge in [-0.25, -0.2) is 4.79 Å². The Labute approximate surface area is 126 Å². The second-order valence-corrected chi connectivity index (χ2v) is 6.77. The van der Waals surface area contributed by atoms with Crippen molar-refractivity contribution in [2.45, 2.75) is 45.9 Å². The molecular weight excluding hydrogens is 268 g/mol. The van der Waals surface area contributed by atoms with E-state index in [9.17, 15) is 4.79 Å². The molecule has 1 atom stereocenters. The molecule has 118 valence electrons. The van der Waals surface area contributed by atoms with E-state index in [0.717, 1.165) is 13.1 Å². The fourth-order valence-electron chi connectivity index (χ4n) is 2.51. The lowest BCUT2D eigenvalue weighted by Crippen LogP contribution is -2.54. The van der Waals surface area contributed by atoms with Gasteiger partial charge in [0.15, 0.2) is 0 Å². The zero-order valence-corrected chi connectivity index (χ0v) is 13.7. The molecule has 0 spiro atoms. The van der Waals surface area contributed by atoms with Gasteiger partial charge in [-0.3, -0.25) is 9.58 Å². The molecule has 0 aliphatic carbocycles. The molecule has 0 bridgehead atoms. The first-order valence-corrected chi connectivity index (χ1v) is 7.44. The molecule has 0 N–H and O–H groups in total. The number of carbonyl (C=O) groups excluding carboxylic acids is 1. The molecule has 1 aromatic rings. The molecule has 1 saturated heterocycles. The third-order valence-corrected chi connectivity index (χ3v) is 3.56. The summed E-state index contributed by atoms with van der Waals surface area (Å²) >= 11 is 0. The van der Waals surface area contributed by atoms with Crippen LogP contribution in [-0.2, 0) is 18.3 Å². The second-order valence-electron chi connectivity index (χ2n) is 6.77. The van der Waals surface area contributed by atoms with E-state index in [1.807, 2.05) is 44.9 Å². The first kappa shape index (κ1) is 15.8. The van der Waals surface area contributed by atoms with Crippen molar-refractivity contribution >= 4 is 6.09 Å². The van der Waals surface area contributed by atoms with Gasteiger partial charge in [0.25, 0.3) is 0 Å². The Kier molecular flexibility index (Phi) is 4.56. The number of aryl methyl sites for hydroxylation is 1. The van der Waals surface area contributed by atoms with Crippen molar-refractivity contribution in [2.75, 3.05) is 19.6 Å². The third kappa shape index (κ3) is 4.46. The molecule has 21 heavy (non-hydrogen) atoms. The van der Waals surface area contributed by atoms with E-state index in [0.29, 0.717) is 19.1 Å². The molecular formula is C15H26N4O2. The first-order valence-electron chi connectivity index (χ1n) is 7.44. The third-order valence-electron chi connectivity index (χ3n) is 3.56. The van der Waals surface area contributed by atoms with Crippen LogP contribution in [-0.4, -0.2) is 57.0 Å². The SMILES string of the molecule is CC1CN(C(=O)OC(C)(C)C)CCN1Cc1cnn(C)c1. The van der Waals surface area contributed by atoms with Gasteiger partial charge in [-0.2, -0.15) is 5.10 Å². The minimum atomic E-state index is -0.437. The molecule has 2 rings (SSSR count). The summed E-state index contributed by atoms with van der Waals surface area (Å²) in [5, 5.41) is 4.20. The van der Waals surface area contributed by atoms with Crippen LogP contribution in [0.2, 0.25) is 0 Å². The number of carbonyl (C=O) groups is 1. The number of piperazine rings is 1. The van der Waals surface area contributed by atoms with Crippen molar-refractivity contribution < 1.29 is 9.53 Å². The highest BCUT2D eigenvalue weighted by Gasteiger charge is 2.29. The maximum absolute atomic E-state index is 12.1. The molecule has 0 saturated carbocycles. The Balaban J connectivity index is 1.88. The smallest absolute Gasteiger partial charge is 0.410 e. The van der Waals surface area contributed by atoms with Gasteiger partial charge in [-0.1, -0.05) is 0 Å². The molecule has 1 unspecified atom stereocenters. The van der Waals surface area contributed by atoms with Crippen LogP contribution in [0.15, 0.2) is 12.4 Å². The Morgan fingerprint density at radius 3 is 2.67 bits per heavy atom. The van der Waals surface area contributed by atoms with Gasteiger partial charge in [-0.05, 0) is 27.7 Å². The normalized spacial score (nSPS) is 20.6. The Bertz CT molecular complexity index is 492. The van der Waals surface area contributed by atoms with Crippen LogP contribution in [0, 0.1) is 0 Å². The summed E-state index contributed by atoms with van der Waals surface area (Å²) in [5.74, 6) is 0. The van der Waals surface area contributed by atoms with Crippen LogP contribution in [0.1, 0.15) is 33.3 Å². The molecule has 0 radical (unpaired) electrons. The quantitative estimate of drug-likeness (QED) is 0.835. The lowest BCUT2D eigenvalue weighted by atomic mass is 10.1.